The summed E-state index contributed by atoms with van der Waals surface area (Å²) in [5.74, 6) is 0.821. The molecule has 0 bridgehead atoms. The average molecular weight is 321 g/mol. The van der Waals surface area contributed by atoms with Gasteiger partial charge in [-0.25, -0.2) is 0 Å². The molecule has 5 heteroatoms. The van der Waals surface area contributed by atoms with E-state index in [0.29, 0.717) is 17.3 Å². The molecule has 0 atom stereocenters. The fourth-order valence-corrected chi connectivity index (χ4v) is 2.41. The maximum absolute atomic E-state index is 12.1. The van der Waals surface area contributed by atoms with E-state index in [0.717, 1.165) is 16.7 Å². The van der Waals surface area contributed by atoms with Gasteiger partial charge in [-0.2, -0.15) is 4.98 Å². The van der Waals surface area contributed by atoms with Crippen molar-refractivity contribution in [3.63, 3.8) is 0 Å². The molecule has 0 aliphatic heterocycles. The van der Waals surface area contributed by atoms with Crippen LogP contribution in [0.2, 0.25) is 0 Å². The first-order chi connectivity index (χ1) is 11.5. The first-order valence-electron chi connectivity index (χ1n) is 7.85. The van der Waals surface area contributed by atoms with Crippen molar-refractivity contribution in [3.05, 3.63) is 59.7 Å². The quantitative estimate of drug-likeness (QED) is 0.792. The van der Waals surface area contributed by atoms with Crippen molar-refractivity contribution in [2.24, 2.45) is 0 Å². The Morgan fingerprint density at radius 1 is 1.12 bits per heavy atom. The van der Waals surface area contributed by atoms with Gasteiger partial charge in [0.1, 0.15) is 0 Å². The first kappa shape index (κ1) is 15.9. The molecular weight excluding hydrogens is 302 g/mol. The molecule has 2 aromatic carbocycles. The summed E-state index contributed by atoms with van der Waals surface area (Å²) in [6, 6.07) is 15.1. The predicted octanol–water partition coefficient (Wildman–Crippen LogP) is 3.85. The van der Waals surface area contributed by atoms with Gasteiger partial charge in [0.25, 0.3) is 11.8 Å². The molecule has 0 radical (unpaired) electrons. The lowest BCUT2D eigenvalue weighted by molar-refractivity contribution is 0.0943. The van der Waals surface area contributed by atoms with Crippen molar-refractivity contribution in [2.45, 2.75) is 26.8 Å². The van der Waals surface area contributed by atoms with E-state index in [1.54, 1.807) is 12.1 Å². The number of carbonyl (C=O) groups excluding carboxylic acids is 1. The van der Waals surface area contributed by atoms with Gasteiger partial charge in [-0.05, 0) is 44.5 Å². The van der Waals surface area contributed by atoms with Crippen LogP contribution in [0.4, 0.5) is 0 Å². The highest BCUT2D eigenvalue weighted by atomic mass is 16.5. The van der Waals surface area contributed by atoms with Crippen LogP contribution in [0, 0.1) is 6.92 Å². The van der Waals surface area contributed by atoms with Crippen LogP contribution in [0.15, 0.2) is 53.1 Å². The van der Waals surface area contributed by atoms with Crippen molar-refractivity contribution < 1.29 is 9.32 Å². The average Bonchev–Trinajstić information content (AvgIpc) is 3.04. The van der Waals surface area contributed by atoms with Gasteiger partial charge in [0.2, 0.25) is 5.82 Å². The molecule has 0 aliphatic carbocycles. The van der Waals surface area contributed by atoms with E-state index < -0.39 is 0 Å². The Balaban J connectivity index is 1.91. The van der Waals surface area contributed by atoms with Crippen LogP contribution in [-0.4, -0.2) is 22.1 Å². The standard InChI is InChI=1S/C19H19N3O2/c1-12(2)20-18(23)15-9-6-8-14(11-15)17-21-19(24-22-17)16-10-5-4-7-13(16)3/h4-12H,1-3H3,(H,20,23). The molecule has 1 amide bonds. The molecule has 0 saturated carbocycles. The molecule has 24 heavy (non-hydrogen) atoms. The van der Waals surface area contributed by atoms with Crippen LogP contribution in [0.25, 0.3) is 22.8 Å². The smallest absolute Gasteiger partial charge is 0.258 e. The SMILES string of the molecule is Cc1ccccc1-c1nc(-c2cccc(C(=O)NC(C)C)c2)no1. The normalized spacial score (nSPS) is 10.8. The number of rotatable bonds is 4. The maximum atomic E-state index is 12.1. The number of benzene rings is 2. The topological polar surface area (TPSA) is 68.0 Å². The molecule has 1 N–H and O–H groups in total. The number of carbonyl (C=O) groups is 1. The molecular formula is C19H19N3O2. The van der Waals surface area contributed by atoms with Crippen LogP contribution in [0.3, 0.4) is 0 Å². The van der Waals surface area contributed by atoms with Gasteiger partial charge in [0.05, 0.1) is 0 Å². The molecule has 5 nitrogen and oxygen atoms in total. The van der Waals surface area contributed by atoms with Crippen molar-refractivity contribution in [1.29, 1.82) is 0 Å². The van der Waals surface area contributed by atoms with Gasteiger partial charge in [0.15, 0.2) is 0 Å². The van der Waals surface area contributed by atoms with Gasteiger partial charge >= 0.3 is 0 Å². The van der Waals surface area contributed by atoms with Crippen LogP contribution in [-0.2, 0) is 0 Å². The van der Waals surface area contributed by atoms with E-state index in [4.69, 9.17) is 4.52 Å². The molecule has 3 aromatic rings. The van der Waals surface area contributed by atoms with E-state index in [9.17, 15) is 4.79 Å². The second-order valence-electron chi connectivity index (χ2n) is 5.95. The number of aryl methyl sites for hydroxylation is 1. The van der Waals surface area contributed by atoms with Crippen LogP contribution < -0.4 is 5.32 Å². The summed E-state index contributed by atoms with van der Waals surface area (Å²) in [4.78, 5) is 16.6. The molecule has 1 heterocycles. The monoisotopic (exact) mass is 321 g/mol. The summed E-state index contributed by atoms with van der Waals surface area (Å²) in [6.45, 7) is 5.85. The lowest BCUT2D eigenvalue weighted by Crippen LogP contribution is -2.30. The second kappa shape index (κ2) is 6.66. The Morgan fingerprint density at radius 2 is 1.92 bits per heavy atom. The third-order valence-electron chi connectivity index (χ3n) is 3.60. The van der Waals surface area contributed by atoms with Crippen molar-refractivity contribution in [2.75, 3.05) is 0 Å². The van der Waals surface area contributed by atoms with Gasteiger partial charge in [-0.15, -0.1) is 0 Å². The Kier molecular flexibility index (Phi) is 4.42. The summed E-state index contributed by atoms with van der Waals surface area (Å²) in [7, 11) is 0. The van der Waals surface area contributed by atoms with Crippen molar-refractivity contribution in [3.8, 4) is 22.8 Å². The Bertz CT molecular complexity index is 868. The van der Waals surface area contributed by atoms with Gasteiger partial charge in [0, 0.05) is 22.7 Å². The zero-order valence-corrected chi connectivity index (χ0v) is 13.9. The Morgan fingerprint density at radius 3 is 2.67 bits per heavy atom. The van der Waals surface area contributed by atoms with Crippen LogP contribution >= 0.6 is 0 Å². The molecule has 0 spiro atoms. The van der Waals surface area contributed by atoms with E-state index in [1.165, 1.54) is 0 Å². The third kappa shape index (κ3) is 3.35. The predicted molar refractivity (Wildman–Crippen MR) is 92.5 cm³/mol. The number of hydrogen-bond acceptors (Lipinski definition) is 4. The number of amides is 1. The highest BCUT2D eigenvalue weighted by molar-refractivity contribution is 5.95. The maximum Gasteiger partial charge on any atom is 0.258 e. The highest BCUT2D eigenvalue weighted by Gasteiger charge is 2.14. The second-order valence-corrected chi connectivity index (χ2v) is 5.95. The Labute approximate surface area is 140 Å². The lowest BCUT2D eigenvalue weighted by atomic mass is 10.1. The summed E-state index contributed by atoms with van der Waals surface area (Å²) >= 11 is 0. The molecule has 0 unspecified atom stereocenters. The fourth-order valence-electron chi connectivity index (χ4n) is 2.41. The van der Waals surface area contributed by atoms with E-state index in [1.807, 2.05) is 57.2 Å². The van der Waals surface area contributed by atoms with Crippen molar-refractivity contribution in [1.82, 2.24) is 15.5 Å². The minimum Gasteiger partial charge on any atom is -0.350 e. The molecule has 0 aliphatic rings. The number of hydrogen-bond donors (Lipinski definition) is 1. The van der Waals surface area contributed by atoms with Crippen LogP contribution in [0.1, 0.15) is 29.8 Å². The zero-order valence-electron chi connectivity index (χ0n) is 13.9. The van der Waals surface area contributed by atoms with Crippen molar-refractivity contribution >= 4 is 5.91 Å². The molecule has 122 valence electrons. The number of nitrogens with one attached hydrogen (secondary N) is 1. The minimum absolute atomic E-state index is 0.0824. The summed E-state index contributed by atoms with van der Waals surface area (Å²) < 4.78 is 5.39. The molecule has 0 fully saturated rings. The van der Waals surface area contributed by atoms with Gasteiger partial charge < -0.3 is 9.84 Å². The lowest BCUT2D eigenvalue weighted by Gasteiger charge is -2.08. The largest absolute Gasteiger partial charge is 0.350 e. The highest BCUT2D eigenvalue weighted by Crippen LogP contribution is 2.25. The number of nitrogens with zero attached hydrogens (tertiary/aromatic N) is 2. The van der Waals surface area contributed by atoms with E-state index >= 15 is 0 Å². The van der Waals surface area contributed by atoms with Gasteiger partial charge in [-0.1, -0.05) is 35.5 Å². The summed E-state index contributed by atoms with van der Waals surface area (Å²) in [5.41, 5.74) is 3.29. The molecule has 0 saturated heterocycles. The molecule has 1 aromatic heterocycles. The summed E-state index contributed by atoms with van der Waals surface area (Å²) in [5, 5.41) is 6.92. The molecule has 3 rings (SSSR count). The van der Waals surface area contributed by atoms with Crippen LogP contribution in [0.5, 0.6) is 0 Å². The fraction of sp³-hybridized carbons (Fsp3) is 0.211. The summed E-state index contributed by atoms with van der Waals surface area (Å²) in [6.07, 6.45) is 0. The van der Waals surface area contributed by atoms with E-state index in [2.05, 4.69) is 15.5 Å². The minimum atomic E-state index is -0.116. The first-order valence-corrected chi connectivity index (χ1v) is 7.85. The number of aromatic nitrogens is 2. The zero-order chi connectivity index (χ0) is 17.1. The van der Waals surface area contributed by atoms with E-state index in [-0.39, 0.29) is 11.9 Å². The Hall–Kier alpha value is -2.95. The van der Waals surface area contributed by atoms with Gasteiger partial charge in [-0.3, -0.25) is 4.79 Å². The third-order valence-corrected chi connectivity index (χ3v) is 3.60.